The third kappa shape index (κ3) is 2.18. The topological polar surface area (TPSA) is 57.6 Å². The molecule has 2 aromatic carbocycles. The Morgan fingerprint density at radius 1 is 1.13 bits per heavy atom. The number of rotatable bonds is 4. The lowest BCUT2D eigenvalue weighted by atomic mass is 9.79. The smallest absolute Gasteiger partial charge is 0.264 e. The van der Waals surface area contributed by atoms with E-state index in [0.717, 1.165) is 0 Å². The largest absolute Gasteiger partial charge is 0.375 e. The molecule has 0 radical (unpaired) electrons. The van der Waals surface area contributed by atoms with Crippen molar-refractivity contribution >= 4 is 17.4 Å². The lowest BCUT2D eigenvalue weighted by Gasteiger charge is -2.28. The zero-order valence-corrected chi connectivity index (χ0v) is 13.2. The highest BCUT2D eigenvalue weighted by Gasteiger charge is 2.54. The number of aliphatic hydroxyl groups is 1. The monoisotopic (exact) mass is 309 g/mol. The van der Waals surface area contributed by atoms with Crippen molar-refractivity contribution in [3.8, 4) is 0 Å². The molecule has 0 fully saturated rings. The Labute approximate surface area is 135 Å². The maximum atomic E-state index is 12.8. The van der Waals surface area contributed by atoms with E-state index < -0.39 is 17.4 Å². The van der Waals surface area contributed by atoms with E-state index in [1.807, 2.05) is 19.1 Å². The Kier molecular flexibility index (Phi) is 3.78. The van der Waals surface area contributed by atoms with Crippen molar-refractivity contribution in [1.29, 1.82) is 0 Å². The van der Waals surface area contributed by atoms with E-state index in [4.69, 9.17) is 0 Å². The predicted octanol–water partition coefficient (Wildman–Crippen LogP) is 2.76. The number of hydrogen-bond donors (Lipinski definition) is 1. The molecule has 1 N–H and O–H groups in total. The Hall–Kier alpha value is -2.46. The van der Waals surface area contributed by atoms with Crippen LogP contribution in [0.2, 0.25) is 0 Å². The summed E-state index contributed by atoms with van der Waals surface area (Å²) in [4.78, 5) is 27.1. The third-order valence-corrected chi connectivity index (χ3v) is 4.57. The van der Waals surface area contributed by atoms with Crippen LogP contribution in [0.5, 0.6) is 0 Å². The normalized spacial score (nSPS) is 21.2. The number of Topliss-reactive ketones (excluding diaryl/α,β-unsaturated/α-hetero) is 1. The number of nitrogens with zero attached hydrogens (tertiary/aromatic N) is 1. The number of likely N-dealkylation sites (N-methyl/N-ethyl adjacent to an activating group) is 1. The second-order valence-electron chi connectivity index (χ2n) is 5.78. The number of hydrogen-bond acceptors (Lipinski definition) is 3. The second kappa shape index (κ2) is 5.63. The molecule has 1 heterocycles. The summed E-state index contributed by atoms with van der Waals surface area (Å²) >= 11 is 0. The average Bonchev–Trinajstić information content (AvgIpc) is 2.83. The summed E-state index contributed by atoms with van der Waals surface area (Å²) < 4.78 is 0. The number of ketones is 1. The first-order valence-corrected chi connectivity index (χ1v) is 7.75. The molecule has 23 heavy (non-hydrogen) atoms. The van der Waals surface area contributed by atoms with Crippen LogP contribution in [-0.2, 0) is 10.4 Å². The maximum absolute atomic E-state index is 12.8. The average molecular weight is 309 g/mol. The van der Waals surface area contributed by atoms with Crippen LogP contribution in [0.4, 0.5) is 5.69 Å². The Morgan fingerprint density at radius 3 is 2.39 bits per heavy atom. The van der Waals surface area contributed by atoms with Gasteiger partial charge in [-0.05, 0) is 13.0 Å². The molecule has 3 rings (SSSR count). The van der Waals surface area contributed by atoms with Gasteiger partial charge in [-0.1, -0.05) is 55.5 Å². The van der Waals surface area contributed by atoms with Gasteiger partial charge in [0.15, 0.2) is 11.4 Å². The molecule has 2 aromatic rings. The molecule has 4 heteroatoms. The van der Waals surface area contributed by atoms with E-state index in [2.05, 4.69) is 0 Å². The lowest BCUT2D eigenvalue weighted by Crippen LogP contribution is -2.47. The van der Waals surface area contributed by atoms with Gasteiger partial charge in [0.2, 0.25) is 0 Å². The van der Waals surface area contributed by atoms with Gasteiger partial charge in [-0.15, -0.1) is 0 Å². The Balaban J connectivity index is 2.07. The van der Waals surface area contributed by atoms with Gasteiger partial charge >= 0.3 is 0 Å². The van der Waals surface area contributed by atoms with Crippen LogP contribution < -0.4 is 4.90 Å². The number of carbonyl (C=O) groups is 2. The molecule has 0 aliphatic carbocycles. The fourth-order valence-electron chi connectivity index (χ4n) is 3.24. The van der Waals surface area contributed by atoms with Crippen molar-refractivity contribution in [2.45, 2.75) is 19.4 Å². The lowest BCUT2D eigenvalue weighted by molar-refractivity contribution is -0.139. The van der Waals surface area contributed by atoms with Crippen LogP contribution >= 0.6 is 0 Å². The molecular formula is C19H19NO3. The zero-order valence-electron chi connectivity index (χ0n) is 13.2. The molecule has 4 nitrogen and oxygen atoms in total. The highest BCUT2D eigenvalue weighted by Crippen LogP contribution is 2.45. The van der Waals surface area contributed by atoms with Gasteiger partial charge in [0, 0.05) is 17.7 Å². The highest BCUT2D eigenvalue weighted by atomic mass is 16.3. The van der Waals surface area contributed by atoms with Crippen molar-refractivity contribution in [2.75, 3.05) is 11.4 Å². The summed E-state index contributed by atoms with van der Waals surface area (Å²) in [6.45, 7) is 3.91. The summed E-state index contributed by atoms with van der Waals surface area (Å²) in [6, 6.07) is 15.9. The number of para-hydroxylation sites is 1. The molecule has 118 valence electrons. The van der Waals surface area contributed by atoms with E-state index >= 15 is 0 Å². The van der Waals surface area contributed by atoms with Crippen LogP contribution in [0.15, 0.2) is 54.6 Å². The number of amides is 1. The molecule has 0 unspecified atom stereocenters. The first-order chi connectivity index (χ1) is 11.0. The van der Waals surface area contributed by atoms with Crippen molar-refractivity contribution in [3.63, 3.8) is 0 Å². The van der Waals surface area contributed by atoms with Crippen molar-refractivity contribution in [1.82, 2.24) is 0 Å². The predicted molar refractivity (Wildman–Crippen MR) is 88.3 cm³/mol. The van der Waals surface area contributed by atoms with Crippen molar-refractivity contribution in [3.05, 3.63) is 65.7 Å². The molecule has 1 amide bonds. The number of carbonyl (C=O) groups excluding carboxylic acids is 2. The van der Waals surface area contributed by atoms with E-state index in [-0.39, 0.29) is 5.78 Å². The molecule has 1 aliphatic heterocycles. The molecule has 0 saturated carbocycles. The summed E-state index contributed by atoms with van der Waals surface area (Å²) in [6.07, 6.45) is 0. The first kappa shape index (κ1) is 15.4. The van der Waals surface area contributed by atoms with E-state index in [9.17, 15) is 14.7 Å². The molecular weight excluding hydrogens is 290 g/mol. The summed E-state index contributed by atoms with van der Waals surface area (Å²) in [5.41, 5.74) is -0.146. The number of anilines is 1. The summed E-state index contributed by atoms with van der Waals surface area (Å²) in [5, 5.41) is 11.2. The Bertz CT molecular complexity index is 756. The summed E-state index contributed by atoms with van der Waals surface area (Å²) in [5.74, 6) is -1.54. The summed E-state index contributed by atoms with van der Waals surface area (Å²) in [7, 11) is 0. The molecule has 0 spiro atoms. The van der Waals surface area contributed by atoms with E-state index in [1.165, 1.54) is 4.90 Å². The van der Waals surface area contributed by atoms with E-state index in [1.54, 1.807) is 49.4 Å². The minimum absolute atomic E-state index is 0.241. The van der Waals surface area contributed by atoms with Gasteiger partial charge in [-0.2, -0.15) is 0 Å². The van der Waals surface area contributed by atoms with Crippen LogP contribution in [0, 0.1) is 5.92 Å². The molecule has 0 aromatic heterocycles. The standard InChI is InChI=1S/C19H19NO3/c1-3-20-16-12-8-7-11-15(16)19(23,18(20)22)13(2)17(21)14-9-5-4-6-10-14/h4-13,23H,3H2,1-2H3/t13-,19-/m0/s1. The maximum Gasteiger partial charge on any atom is 0.264 e. The molecule has 1 aliphatic rings. The minimum atomic E-state index is -1.82. The molecule has 2 atom stereocenters. The van der Waals surface area contributed by atoms with Crippen LogP contribution in [0.25, 0.3) is 0 Å². The van der Waals surface area contributed by atoms with Gasteiger partial charge in [-0.3, -0.25) is 9.59 Å². The van der Waals surface area contributed by atoms with Gasteiger partial charge in [0.25, 0.3) is 5.91 Å². The number of fused-ring (bicyclic) bond motifs is 1. The Morgan fingerprint density at radius 2 is 1.74 bits per heavy atom. The zero-order chi connectivity index (χ0) is 16.6. The molecule has 0 bridgehead atoms. The fourth-order valence-corrected chi connectivity index (χ4v) is 3.24. The number of benzene rings is 2. The van der Waals surface area contributed by atoms with E-state index in [0.29, 0.717) is 23.4 Å². The first-order valence-electron chi connectivity index (χ1n) is 7.75. The fraction of sp³-hybridized carbons (Fsp3) is 0.263. The third-order valence-electron chi connectivity index (χ3n) is 4.57. The van der Waals surface area contributed by atoms with Crippen molar-refractivity contribution in [2.24, 2.45) is 5.92 Å². The van der Waals surface area contributed by atoms with Crippen LogP contribution in [-0.4, -0.2) is 23.3 Å². The SMILES string of the molecule is CCN1C(=O)[C@](O)([C@@H](C)C(=O)c2ccccc2)c2ccccc21. The second-order valence-corrected chi connectivity index (χ2v) is 5.78. The van der Waals surface area contributed by atoms with Gasteiger partial charge in [0.1, 0.15) is 0 Å². The van der Waals surface area contributed by atoms with Gasteiger partial charge < -0.3 is 10.0 Å². The molecule has 0 saturated heterocycles. The highest BCUT2D eigenvalue weighted by molar-refractivity contribution is 6.11. The van der Waals surface area contributed by atoms with Gasteiger partial charge in [0.05, 0.1) is 11.6 Å². The minimum Gasteiger partial charge on any atom is -0.375 e. The van der Waals surface area contributed by atoms with Crippen LogP contribution in [0.1, 0.15) is 29.8 Å². The quantitative estimate of drug-likeness (QED) is 0.884. The van der Waals surface area contributed by atoms with Crippen molar-refractivity contribution < 1.29 is 14.7 Å². The van der Waals surface area contributed by atoms with Gasteiger partial charge in [-0.25, -0.2) is 0 Å². The van der Waals surface area contributed by atoms with Crippen LogP contribution in [0.3, 0.4) is 0 Å².